The monoisotopic (exact) mass is 270 g/mol. The van der Waals surface area contributed by atoms with E-state index in [2.05, 4.69) is 6.92 Å². The van der Waals surface area contributed by atoms with E-state index in [4.69, 9.17) is 4.55 Å². The highest BCUT2D eigenvalue weighted by molar-refractivity contribution is 7.85. The number of aryl methyl sites for hydroxylation is 1. The lowest BCUT2D eigenvalue weighted by Gasteiger charge is -2.06. The predicted octanol–water partition coefficient (Wildman–Crippen LogP) is 3.84. The molecule has 0 atom stereocenters. The molecule has 0 aromatic heterocycles. The van der Waals surface area contributed by atoms with Gasteiger partial charge in [-0.05, 0) is 24.5 Å². The molecule has 1 aromatic rings. The van der Waals surface area contributed by atoms with E-state index < -0.39 is 10.1 Å². The molecule has 0 bridgehead atoms. The Morgan fingerprint density at radius 3 is 2.28 bits per heavy atom. The Balaban J connectivity index is 2.48. The first kappa shape index (κ1) is 15.2. The maximum Gasteiger partial charge on any atom is 0.294 e. The molecule has 0 aliphatic heterocycles. The average molecular weight is 270 g/mol. The Labute approximate surface area is 110 Å². The first-order valence-corrected chi connectivity index (χ1v) is 8.05. The minimum absolute atomic E-state index is 0.0542. The van der Waals surface area contributed by atoms with Gasteiger partial charge in [-0.2, -0.15) is 8.42 Å². The fourth-order valence-corrected chi connectivity index (χ4v) is 2.81. The van der Waals surface area contributed by atoms with Crippen LogP contribution in [0.3, 0.4) is 0 Å². The third-order valence-corrected chi connectivity index (χ3v) is 4.00. The van der Waals surface area contributed by atoms with Crippen molar-refractivity contribution in [1.82, 2.24) is 0 Å². The highest BCUT2D eigenvalue weighted by atomic mass is 32.2. The van der Waals surface area contributed by atoms with Crippen molar-refractivity contribution in [2.24, 2.45) is 0 Å². The summed E-state index contributed by atoms with van der Waals surface area (Å²) in [6.45, 7) is 2.18. The van der Waals surface area contributed by atoms with Crippen molar-refractivity contribution in [3.8, 4) is 0 Å². The molecule has 102 valence electrons. The van der Waals surface area contributed by atoms with Crippen LogP contribution in [-0.4, -0.2) is 13.0 Å². The van der Waals surface area contributed by atoms with Gasteiger partial charge >= 0.3 is 0 Å². The van der Waals surface area contributed by atoms with Crippen LogP contribution < -0.4 is 0 Å². The summed E-state index contributed by atoms with van der Waals surface area (Å²) >= 11 is 0. The first-order chi connectivity index (χ1) is 8.55. The van der Waals surface area contributed by atoms with Crippen LogP contribution in [0.15, 0.2) is 29.2 Å². The van der Waals surface area contributed by atoms with Gasteiger partial charge in [0, 0.05) is 0 Å². The zero-order valence-corrected chi connectivity index (χ0v) is 11.7. The Morgan fingerprint density at radius 2 is 1.61 bits per heavy atom. The van der Waals surface area contributed by atoms with Gasteiger partial charge in [0.1, 0.15) is 0 Å². The van der Waals surface area contributed by atoms with Crippen LogP contribution in [-0.2, 0) is 16.5 Å². The molecule has 18 heavy (non-hydrogen) atoms. The Kier molecular flexibility index (Phi) is 6.36. The van der Waals surface area contributed by atoms with Gasteiger partial charge in [-0.15, -0.1) is 0 Å². The zero-order valence-electron chi connectivity index (χ0n) is 10.9. The van der Waals surface area contributed by atoms with Gasteiger partial charge in [0.25, 0.3) is 10.1 Å². The first-order valence-electron chi connectivity index (χ1n) is 6.61. The molecule has 0 amide bonds. The van der Waals surface area contributed by atoms with Gasteiger partial charge in [0.05, 0.1) is 4.90 Å². The quantitative estimate of drug-likeness (QED) is 0.577. The van der Waals surface area contributed by atoms with Crippen molar-refractivity contribution in [1.29, 1.82) is 0 Å². The molecule has 0 aliphatic carbocycles. The van der Waals surface area contributed by atoms with Crippen molar-refractivity contribution in [3.05, 3.63) is 29.8 Å². The summed E-state index contributed by atoms with van der Waals surface area (Å²) in [5, 5.41) is 0. The van der Waals surface area contributed by atoms with Crippen molar-refractivity contribution >= 4 is 10.1 Å². The van der Waals surface area contributed by atoms with E-state index in [0.717, 1.165) is 18.4 Å². The molecule has 0 spiro atoms. The number of rotatable bonds is 8. The molecule has 0 heterocycles. The van der Waals surface area contributed by atoms with Gasteiger partial charge in [-0.3, -0.25) is 4.55 Å². The molecule has 3 nitrogen and oxygen atoms in total. The molecule has 1 rings (SSSR count). The molecular formula is C14H22O3S. The highest BCUT2D eigenvalue weighted by Gasteiger charge is 2.13. The van der Waals surface area contributed by atoms with E-state index in [1.54, 1.807) is 18.2 Å². The third kappa shape index (κ3) is 5.19. The zero-order chi connectivity index (χ0) is 13.4. The number of hydrogen-bond acceptors (Lipinski definition) is 2. The smallest absolute Gasteiger partial charge is 0.282 e. The van der Waals surface area contributed by atoms with E-state index in [-0.39, 0.29) is 4.90 Å². The van der Waals surface area contributed by atoms with Crippen LogP contribution in [0.1, 0.15) is 51.0 Å². The number of benzene rings is 1. The summed E-state index contributed by atoms with van der Waals surface area (Å²) in [6, 6.07) is 6.67. The van der Waals surface area contributed by atoms with Crippen LogP contribution in [0.5, 0.6) is 0 Å². The van der Waals surface area contributed by atoms with E-state index in [0.29, 0.717) is 6.42 Å². The third-order valence-electron chi connectivity index (χ3n) is 3.05. The summed E-state index contributed by atoms with van der Waals surface area (Å²) in [7, 11) is -4.08. The Hall–Kier alpha value is -0.870. The van der Waals surface area contributed by atoms with E-state index >= 15 is 0 Å². The van der Waals surface area contributed by atoms with Gasteiger partial charge < -0.3 is 0 Å². The normalized spacial score (nSPS) is 11.7. The summed E-state index contributed by atoms with van der Waals surface area (Å²) in [6.07, 6.45) is 7.73. The average Bonchev–Trinajstić information content (AvgIpc) is 2.33. The van der Waals surface area contributed by atoms with Crippen molar-refractivity contribution in [3.63, 3.8) is 0 Å². The topological polar surface area (TPSA) is 54.4 Å². The summed E-state index contributed by atoms with van der Waals surface area (Å²) in [5.74, 6) is 0. The van der Waals surface area contributed by atoms with Gasteiger partial charge in [-0.1, -0.05) is 57.2 Å². The van der Waals surface area contributed by atoms with E-state index in [1.165, 1.54) is 31.7 Å². The minimum atomic E-state index is -4.08. The fourth-order valence-electron chi connectivity index (χ4n) is 2.06. The molecule has 0 fully saturated rings. The molecule has 0 unspecified atom stereocenters. The van der Waals surface area contributed by atoms with E-state index in [1.807, 2.05) is 0 Å². The molecule has 0 saturated heterocycles. The van der Waals surface area contributed by atoms with Crippen molar-refractivity contribution in [2.75, 3.05) is 0 Å². The maximum absolute atomic E-state index is 11.2. The molecule has 1 aromatic carbocycles. The summed E-state index contributed by atoms with van der Waals surface area (Å²) in [4.78, 5) is 0.0542. The minimum Gasteiger partial charge on any atom is -0.282 e. The van der Waals surface area contributed by atoms with E-state index in [9.17, 15) is 8.42 Å². The lowest BCUT2D eigenvalue weighted by Crippen LogP contribution is -2.03. The van der Waals surface area contributed by atoms with Crippen molar-refractivity contribution in [2.45, 2.75) is 56.8 Å². The predicted molar refractivity (Wildman–Crippen MR) is 73.3 cm³/mol. The Bertz CT molecular complexity index is 452. The maximum atomic E-state index is 11.2. The summed E-state index contributed by atoms with van der Waals surface area (Å²) < 4.78 is 31.5. The number of unbranched alkanes of at least 4 members (excludes halogenated alkanes) is 5. The molecule has 0 aliphatic rings. The second-order valence-electron chi connectivity index (χ2n) is 4.60. The molecule has 0 radical (unpaired) electrons. The van der Waals surface area contributed by atoms with Crippen LogP contribution in [0.2, 0.25) is 0 Å². The number of hydrogen-bond donors (Lipinski definition) is 1. The second-order valence-corrected chi connectivity index (χ2v) is 5.99. The largest absolute Gasteiger partial charge is 0.294 e. The standard InChI is InChI=1S/C14H22O3S/c1-2-3-4-5-6-7-10-13-11-8-9-12-14(13)18(15,16)17/h8-9,11-12H,2-7,10H2,1H3,(H,15,16,17). The van der Waals surface area contributed by atoms with Gasteiger partial charge in [0.15, 0.2) is 0 Å². The summed E-state index contributed by atoms with van der Waals surface area (Å²) in [5.41, 5.74) is 0.718. The van der Waals surface area contributed by atoms with Gasteiger partial charge in [-0.25, -0.2) is 0 Å². The van der Waals surface area contributed by atoms with Crippen molar-refractivity contribution < 1.29 is 13.0 Å². The molecule has 0 saturated carbocycles. The van der Waals surface area contributed by atoms with Crippen LogP contribution >= 0.6 is 0 Å². The fraction of sp³-hybridized carbons (Fsp3) is 0.571. The molecular weight excluding hydrogens is 248 g/mol. The second kappa shape index (κ2) is 7.54. The molecule has 4 heteroatoms. The van der Waals surface area contributed by atoms with Gasteiger partial charge in [0.2, 0.25) is 0 Å². The lowest BCUT2D eigenvalue weighted by atomic mass is 10.1. The highest BCUT2D eigenvalue weighted by Crippen LogP contribution is 2.18. The molecule has 1 N–H and O–H groups in total. The Morgan fingerprint density at radius 1 is 1.00 bits per heavy atom. The SMILES string of the molecule is CCCCCCCCc1ccccc1S(=O)(=O)O. The van der Waals surface area contributed by atoms with Crippen LogP contribution in [0.4, 0.5) is 0 Å². The van der Waals surface area contributed by atoms with Crippen LogP contribution in [0.25, 0.3) is 0 Å². The van der Waals surface area contributed by atoms with Crippen LogP contribution in [0, 0.1) is 0 Å². The lowest BCUT2D eigenvalue weighted by molar-refractivity contribution is 0.481.